The topological polar surface area (TPSA) is 38.9 Å². The molecule has 1 atom stereocenters. The van der Waals surface area contributed by atoms with Gasteiger partial charge < -0.3 is 5.73 Å². The van der Waals surface area contributed by atoms with E-state index in [1.54, 1.807) is 12.4 Å². The monoisotopic (exact) mass is 194 g/mol. The average molecular weight is 194 g/mol. The van der Waals surface area contributed by atoms with Gasteiger partial charge >= 0.3 is 0 Å². The van der Waals surface area contributed by atoms with Gasteiger partial charge in [0.05, 0.1) is 0 Å². The van der Waals surface area contributed by atoms with Crippen LogP contribution in [0.15, 0.2) is 24.5 Å². The first-order valence-electron chi connectivity index (χ1n) is 5.02. The molecular weight excluding hydrogens is 179 g/mol. The fraction of sp³-hybridized carbons (Fsp3) is 0.545. The molecular formula is C11H15FN2. The molecule has 2 rings (SSSR count). The Morgan fingerprint density at radius 2 is 2.36 bits per heavy atom. The minimum Gasteiger partial charge on any atom is -0.328 e. The molecule has 1 aromatic rings. The second-order valence-corrected chi connectivity index (χ2v) is 4.05. The number of rotatable bonds is 4. The van der Waals surface area contributed by atoms with Crippen LogP contribution >= 0.6 is 0 Å². The van der Waals surface area contributed by atoms with E-state index in [4.69, 9.17) is 5.73 Å². The van der Waals surface area contributed by atoms with Gasteiger partial charge in [0.15, 0.2) is 0 Å². The number of halogens is 1. The molecule has 1 aromatic heterocycles. The number of alkyl halides is 1. The Labute approximate surface area is 83.3 Å². The first-order valence-corrected chi connectivity index (χ1v) is 5.02. The highest BCUT2D eigenvalue weighted by Gasteiger charge is 2.44. The minimum absolute atomic E-state index is 0.118. The molecule has 0 aliphatic heterocycles. The molecule has 76 valence electrons. The molecule has 0 bridgehead atoms. The maximum absolute atomic E-state index is 14.2. The van der Waals surface area contributed by atoms with Crippen LogP contribution in [0.4, 0.5) is 4.39 Å². The van der Waals surface area contributed by atoms with E-state index in [-0.39, 0.29) is 12.5 Å². The van der Waals surface area contributed by atoms with E-state index < -0.39 is 5.67 Å². The van der Waals surface area contributed by atoms with Crippen molar-refractivity contribution < 1.29 is 4.39 Å². The second-order valence-electron chi connectivity index (χ2n) is 4.05. The molecule has 2 nitrogen and oxygen atoms in total. The second kappa shape index (κ2) is 3.65. The third kappa shape index (κ3) is 1.93. The summed E-state index contributed by atoms with van der Waals surface area (Å²) in [4.78, 5) is 3.98. The van der Waals surface area contributed by atoms with Crippen LogP contribution in [0.1, 0.15) is 18.4 Å². The molecule has 1 unspecified atom stereocenters. The number of nitrogens with zero attached hydrogens (tertiary/aromatic N) is 1. The molecule has 1 heterocycles. The first-order chi connectivity index (χ1) is 6.74. The standard InChI is InChI=1S/C11H15FN2/c12-11(8-13,10-3-4-10)6-9-2-1-5-14-7-9/h1-2,5,7,10H,3-4,6,8,13H2. The zero-order valence-corrected chi connectivity index (χ0v) is 8.12. The van der Waals surface area contributed by atoms with Crippen LogP contribution in [0.25, 0.3) is 0 Å². The minimum atomic E-state index is -1.21. The predicted octanol–water partition coefficient (Wildman–Crippen LogP) is 1.70. The Bertz CT molecular complexity index is 297. The Hall–Kier alpha value is -0.960. The highest BCUT2D eigenvalue weighted by molar-refractivity contribution is 5.14. The van der Waals surface area contributed by atoms with Gasteiger partial charge in [-0.2, -0.15) is 0 Å². The van der Waals surface area contributed by atoms with Gasteiger partial charge in [0, 0.05) is 25.4 Å². The highest BCUT2D eigenvalue weighted by Crippen LogP contribution is 2.43. The maximum Gasteiger partial charge on any atom is 0.130 e. The Balaban J connectivity index is 2.08. The molecule has 14 heavy (non-hydrogen) atoms. The van der Waals surface area contributed by atoms with Crippen molar-refractivity contribution in [3.63, 3.8) is 0 Å². The quantitative estimate of drug-likeness (QED) is 0.792. The average Bonchev–Trinajstić information content (AvgIpc) is 3.03. The van der Waals surface area contributed by atoms with E-state index >= 15 is 0 Å². The van der Waals surface area contributed by atoms with Crippen LogP contribution in [-0.4, -0.2) is 17.2 Å². The van der Waals surface area contributed by atoms with Gasteiger partial charge in [-0.05, 0) is 30.4 Å². The fourth-order valence-electron chi connectivity index (χ4n) is 1.83. The molecule has 0 radical (unpaired) electrons. The molecule has 1 aliphatic carbocycles. The molecule has 0 saturated heterocycles. The summed E-state index contributed by atoms with van der Waals surface area (Å²) in [5, 5.41) is 0. The maximum atomic E-state index is 14.2. The lowest BCUT2D eigenvalue weighted by molar-refractivity contribution is 0.142. The van der Waals surface area contributed by atoms with Gasteiger partial charge in [0.25, 0.3) is 0 Å². The van der Waals surface area contributed by atoms with Gasteiger partial charge in [-0.1, -0.05) is 6.07 Å². The Morgan fingerprint density at radius 1 is 1.57 bits per heavy atom. The summed E-state index contributed by atoms with van der Waals surface area (Å²) >= 11 is 0. The van der Waals surface area contributed by atoms with Gasteiger partial charge in [0.1, 0.15) is 5.67 Å². The van der Waals surface area contributed by atoms with Gasteiger partial charge in [0.2, 0.25) is 0 Å². The molecule has 3 heteroatoms. The summed E-state index contributed by atoms with van der Waals surface area (Å²) in [6, 6.07) is 3.73. The molecule has 0 aromatic carbocycles. The molecule has 1 aliphatic rings. The van der Waals surface area contributed by atoms with E-state index in [0.717, 1.165) is 18.4 Å². The number of pyridine rings is 1. The third-order valence-electron chi connectivity index (χ3n) is 2.87. The van der Waals surface area contributed by atoms with E-state index in [1.807, 2.05) is 12.1 Å². The summed E-state index contributed by atoms with van der Waals surface area (Å²) < 4.78 is 14.2. The number of nitrogens with two attached hydrogens (primary N) is 1. The van der Waals surface area contributed by atoms with Crippen molar-refractivity contribution in [2.45, 2.75) is 24.9 Å². The molecule has 1 saturated carbocycles. The van der Waals surface area contributed by atoms with Crippen molar-refractivity contribution >= 4 is 0 Å². The van der Waals surface area contributed by atoms with Crippen molar-refractivity contribution in [1.82, 2.24) is 4.98 Å². The lowest BCUT2D eigenvalue weighted by Crippen LogP contribution is -2.37. The van der Waals surface area contributed by atoms with Gasteiger partial charge in [-0.3, -0.25) is 4.98 Å². The summed E-state index contributed by atoms with van der Waals surface area (Å²) in [6.45, 7) is 0.118. The van der Waals surface area contributed by atoms with Crippen molar-refractivity contribution in [3.8, 4) is 0 Å². The van der Waals surface area contributed by atoms with Crippen LogP contribution in [0.2, 0.25) is 0 Å². The van der Waals surface area contributed by atoms with Gasteiger partial charge in [-0.15, -0.1) is 0 Å². The van der Waals surface area contributed by atoms with Crippen LogP contribution in [-0.2, 0) is 6.42 Å². The van der Waals surface area contributed by atoms with Crippen molar-refractivity contribution in [1.29, 1.82) is 0 Å². The lowest BCUT2D eigenvalue weighted by atomic mass is 9.92. The van der Waals surface area contributed by atoms with Crippen molar-refractivity contribution in [2.24, 2.45) is 11.7 Å². The third-order valence-corrected chi connectivity index (χ3v) is 2.87. The fourth-order valence-corrected chi connectivity index (χ4v) is 1.83. The Kier molecular flexibility index (Phi) is 2.50. The van der Waals surface area contributed by atoms with Gasteiger partial charge in [-0.25, -0.2) is 4.39 Å². The predicted molar refractivity (Wildman–Crippen MR) is 53.6 cm³/mol. The van der Waals surface area contributed by atoms with Crippen LogP contribution in [0, 0.1) is 5.92 Å². The molecule has 0 amide bonds. The van der Waals surface area contributed by atoms with E-state index in [2.05, 4.69) is 4.98 Å². The molecule has 1 fully saturated rings. The molecule has 2 N–H and O–H groups in total. The zero-order chi connectivity index (χ0) is 10.0. The van der Waals surface area contributed by atoms with Crippen LogP contribution in [0.3, 0.4) is 0 Å². The van der Waals surface area contributed by atoms with Crippen molar-refractivity contribution in [3.05, 3.63) is 30.1 Å². The molecule has 0 spiro atoms. The van der Waals surface area contributed by atoms with E-state index in [0.29, 0.717) is 6.42 Å². The van der Waals surface area contributed by atoms with Crippen molar-refractivity contribution in [2.75, 3.05) is 6.54 Å². The zero-order valence-electron chi connectivity index (χ0n) is 8.12. The number of aromatic nitrogens is 1. The van der Waals surface area contributed by atoms with E-state index in [9.17, 15) is 4.39 Å². The summed E-state index contributed by atoms with van der Waals surface area (Å²) in [5.74, 6) is 0.174. The Morgan fingerprint density at radius 3 is 2.86 bits per heavy atom. The van der Waals surface area contributed by atoms with Crippen LogP contribution in [0.5, 0.6) is 0 Å². The summed E-state index contributed by atoms with van der Waals surface area (Å²) in [6.07, 6.45) is 5.78. The van der Waals surface area contributed by atoms with E-state index in [1.165, 1.54) is 0 Å². The number of hydrogen-bond donors (Lipinski definition) is 1. The normalized spacial score (nSPS) is 20.4. The summed E-state index contributed by atoms with van der Waals surface area (Å²) in [7, 11) is 0. The number of hydrogen-bond acceptors (Lipinski definition) is 2. The SMILES string of the molecule is NCC(F)(Cc1cccnc1)C1CC1. The largest absolute Gasteiger partial charge is 0.328 e. The lowest BCUT2D eigenvalue weighted by Gasteiger charge is -2.23. The first kappa shape index (κ1) is 9.59. The smallest absolute Gasteiger partial charge is 0.130 e. The van der Waals surface area contributed by atoms with Crippen LogP contribution < -0.4 is 5.73 Å². The highest BCUT2D eigenvalue weighted by atomic mass is 19.1. The summed E-state index contributed by atoms with van der Waals surface area (Å²) in [5.41, 5.74) is 5.23.